The smallest absolute Gasteiger partial charge is 0.0972 e. The molecule has 3 heteroatoms. The van der Waals surface area contributed by atoms with Gasteiger partial charge in [-0.1, -0.05) is 78.9 Å². The summed E-state index contributed by atoms with van der Waals surface area (Å²) in [6.07, 6.45) is 0. The summed E-state index contributed by atoms with van der Waals surface area (Å²) < 4.78 is 2.34. The van der Waals surface area contributed by atoms with Crippen LogP contribution in [0.15, 0.2) is 109 Å². The van der Waals surface area contributed by atoms with Gasteiger partial charge in [0.25, 0.3) is 0 Å². The fourth-order valence-corrected chi connectivity index (χ4v) is 5.20. The number of para-hydroxylation sites is 2. The minimum atomic E-state index is 0.929. The van der Waals surface area contributed by atoms with Crippen LogP contribution < -0.4 is 0 Å². The molecule has 0 radical (unpaired) electrons. The second-order valence-corrected chi connectivity index (χ2v) is 8.70. The summed E-state index contributed by atoms with van der Waals surface area (Å²) in [5.41, 5.74) is 8.37. The Bertz CT molecular complexity index is 1860. The molecule has 2 aromatic heterocycles. The van der Waals surface area contributed by atoms with Crippen molar-refractivity contribution in [1.82, 2.24) is 14.5 Å². The maximum atomic E-state index is 5.24. The fourth-order valence-electron chi connectivity index (χ4n) is 5.20. The topological polar surface area (TPSA) is 30.7 Å². The SMILES string of the molecule is Cc1nc2ccc3ccccc3c2nc1-c1cccc2c1c1ccccc1n2-c1ccccc1. The molecule has 2 heterocycles. The monoisotopic (exact) mass is 435 g/mol. The van der Waals surface area contributed by atoms with E-state index in [-0.39, 0.29) is 0 Å². The van der Waals surface area contributed by atoms with Crippen LogP contribution in [0.2, 0.25) is 0 Å². The van der Waals surface area contributed by atoms with Gasteiger partial charge in [-0.25, -0.2) is 9.97 Å². The van der Waals surface area contributed by atoms with Crippen LogP contribution in [-0.4, -0.2) is 14.5 Å². The molecule has 3 nitrogen and oxygen atoms in total. The average molecular weight is 436 g/mol. The highest BCUT2D eigenvalue weighted by molar-refractivity contribution is 6.16. The minimum absolute atomic E-state index is 0.929. The van der Waals surface area contributed by atoms with Crippen molar-refractivity contribution in [3.63, 3.8) is 0 Å². The maximum absolute atomic E-state index is 5.24. The predicted molar refractivity (Wildman–Crippen MR) is 142 cm³/mol. The van der Waals surface area contributed by atoms with Gasteiger partial charge >= 0.3 is 0 Å². The summed E-state index contributed by atoms with van der Waals surface area (Å²) in [6.45, 7) is 2.06. The van der Waals surface area contributed by atoms with E-state index >= 15 is 0 Å². The Morgan fingerprint density at radius 2 is 1.32 bits per heavy atom. The van der Waals surface area contributed by atoms with E-state index < -0.39 is 0 Å². The molecule has 0 unspecified atom stereocenters. The molecule has 0 N–H and O–H groups in total. The van der Waals surface area contributed by atoms with Crippen molar-refractivity contribution in [2.75, 3.05) is 0 Å². The number of nitrogens with zero attached hydrogens (tertiary/aromatic N) is 3. The zero-order chi connectivity index (χ0) is 22.6. The van der Waals surface area contributed by atoms with Gasteiger partial charge in [-0.2, -0.15) is 0 Å². The van der Waals surface area contributed by atoms with Gasteiger partial charge in [0.1, 0.15) is 0 Å². The van der Waals surface area contributed by atoms with Crippen LogP contribution in [-0.2, 0) is 0 Å². The number of rotatable bonds is 2. The lowest BCUT2D eigenvalue weighted by Gasteiger charge is -2.11. The molecular formula is C31H21N3. The van der Waals surface area contributed by atoms with E-state index in [1.165, 1.54) is 27.2 Å². The van der Waals surface area contributed by atoms with Gasteiger partial charge in [-0.05, 0) is 42.6 Å². The molecule has 7 aromatic rings. The molecule has 0 spiro atoms. The second kappa shape index (κ2) is 7.26. The number of aryl methyl sites for hydroxylation is 1. The summed E-state index contributed by atoms with van der Waals surface area (Å²) in [5.74, 6) is 0. The van der Waals surface area contributed by atoms with Gasteiger partial charge in [-0.3, -0.25) is 0 Å². The quantitative estimate of drug-likeness (QED) is 0.259. The van der Waals surface area contributed by atoms with Gasteiger partial charge in [-0.15, -0.1) is 0 Å². The lowest BCUT2D eigenvalue weighted by molar-refractivity contribution is 1.18. The Morgan fingerprint density at radius 1 is 0.588 bits per heavy atom. The zero-order valence-corrected chi connectivity index (χ0v) is 18.7. The first-order chi connectivity index (χ1) is 16.8. The van der Waals surface area contributed by atoms with E-state index in [9.17, 15) is 0 Å². The van der Waals surface area contributed by atoms with Gasteiger partial charge < -0.3 is 4.57 Å². The summed E-state index contributed by atoms with van der Waals surface area (Å²) in [4.78, 5) is 10.2. The molecular weight excluding hydrogens is 414 g/mol. The molecule has 0 amide bonds. The molecule has 0 aliphatic heterocycles. The molecule has 0 atom stereocenters. The number of aromatic nitrogens is 3. The van der Waals surface area contributed by atoms with Crippen LogP contribution in [0.25, 0.3) is 60.6 Å². The Kier molecular flexibility index (Phi) is 4.06. The Hall–Kier alpha value is -4.50. The largest absolute Gasteiger partial charge is 0.309 e. The van der Waals surface area contributed by atoms with Gasteiger partial charge in [0.2, 0.25) is 0 Å². The van der Waals surface area contributed by atoms with Gasteiger partial charge in [0.15, 0.2) is 0 Å². The third-order valence-electron chi connectivity index (χ3n) is 6.70. The molecule has 0 saturated carbocycles. The van der Waals surface area contributed by atoms with Crippen molar-refractivity contribution in [3.8, 4) is 16.9 Å². The summed E-state index contributed by atoms with van der Waals surface area (Å²) in [5, 5.41) is 4.74. The Labute approximate surface area is 196 Å². The van der Waals surface area contributed by atoms with Crippen LogP contribution >= 0.6 is 0 Å². The lowest BCUT2D eigenvalue weighted by atomic mass is 10.0. The Morgan fingerprint density at radius 3 is 2.21 bits per heavy atom. The van der Waals surface area contributed by atoms with Gasteiger partial charge in [0, 0.05) is 27.4 Å². The molecule has 5 aromatic carbocycles. The molecule has 0 fully saturated rings. The molecule has 0 aliphatic carbocycles. The van der Waals surface area contributed by atoms with E-state index in [4.69, 9.17) is 9.97 Å². The van der Waals surface area contributed by atoms with E-state index in [0.717, 1.165) is 39.1 Å². The Balaban J connectivity index is 1.61. The molecule has 0 saturated heterocycles. The van der Waals surface area contributed by atoms with Crippen LogP contribution in [0, 0.1) is 6.92 Å². The average Bonchev–Trinajstić information content (AvgIpc) is 3.23. The number of hydrogen-bond acceptors (Lipinski definition) is 2. The standard InChI is InChI=1S/C31H21N3/c1-20-30(33-31-23-13-6-5-10-21(23)18-19-26(31)32-20)25-15-9-17-28-29(25)24-14-7-8-16-27(24)34(28)22-11-3-2-4-12-22/h2-19H,1H3. The second-order valence-electron chi connectivity index (χ2n) is 8.70. The van der Waals surface area contributed by atoms with Crippen LogP contribution in [0.5, 0.6) is 0 Å². The number of fused-ring (bicyclic) bond motifs is 6. The van der Waals surface area contributed by atoms with E-state index in [2.05, 4.69) is 121 Å². The lowest BCUT2D eigenvalue weighted by Crippen LogP contribution is -1.96. The van der Waals surface area contributed by atoms with Crippen molar-refractivity contribution in [2.24, 2.45) is 0 Å². The third-order valence-corrected chi connectivity index (χ3v) is 6.70. The molecule has 160 valence electrons. The highest BCUT2D eigenvalue weighted by Gasteiger charge is 2.18. The fraction of sp³-hybridized carbons (Fsp3) is 0.0323. The van der Waals surface area contributed by atoms with Gasteiger partial charge in [0.05, 0.1) is 33.5 Å². The first kappa shape index (κ1) is 19.0. The highest BCUT2D eigenvalue weighted by Crippen LogP contribution is 2.39. The number of benzene rings is 5. The summed E-state index contributed by atoms with van der Waals surface area (Å²) in [6, 6.07) is 38.3. The predicted octanol–water partition coefficient (Wildman–Crippen LogP) is 7.86. The highest BCUT2D eigenvalue weighted by atomic mass is 15.0. The maximum Gasteiger partial charge on any atom is 0.0972 e. The zero-order valence-electron chi connectivity index (χ0n) is 18.7. The summed E-state index contributed by atoms with van der Waals surface area (Å²) in [7, 11) is 0. The summed E-state index contributed by atoms with van der Waals surface area (Å²) >= 11 is 0. The molecule has 34 heavy (non-hydrogen) atoms. The van der Waals surface area contributed by atoms with E-state index in [1.54, 1.807) is 0 Å². The third kappa shape index (κ3) is 2.70. The number of hydrogen-bond donors (Lipinski definition) is 0. The van der Waals surface area contributed by atoms with E-state index in [0.29, 0.717) is 0 Å². The molecule has 0 aliphatic rings. The normalized spacial score (nSPS) is 11.7. The minimum Gasteiger partial charge on any atom is -0.309 e. The first-order valence-electron chi connectivity index (χ1n) is 11.5. The first-order valence-corrected chi connectivity index (χ1v) is 11.5. The van der Waals surface area contributed by atoms with Crippen molar-refractivity contribution >= 4 is 43.6 Å². The van der Waals surface area contributed by atoms with Crippen molar-refractivity contribution < 1.29 is 0 Å². The van der Waals surface area contributed by atoms with Crippen LogP contribution in [0.4, 0.5) is 0 Å². The van der Waals surface area contributed by atoms with Crippen LogP contribution in [0.1, 0.15) is 5.69 Å². The van der Waals surface area contributed by atoms with Crippen molar-refractivity contribution in [2.45, 2.75) is 6.92 Å². The van der Waals surface area contributed by atoms with Crippen molar-refractivity contribution in [3.05, 3.63) is 115 Å². The van der Waals surface area contributed by atoms with Crippen molar-refractivity contribution in [1.29, 1.82) is 0 Å². The van der Waals surface area contributed by atoms with E-state index in [1.807, 2.05) is 0 Å². The van der Waals surface area contributed by atoms with Crippen LogP contribution in [0.3, 0.4) is 0 Å². The molecule has 7 rings (SSSR count). The molecule has 0 bridgehead atoms.